The van der Waals surface area contributed by atoms with Crippen LogP contribution in [0.4, 0.5) is 0 Å². The summed E-state index contributed by atoms with van der Waals surface area (Å²) < 4.78 is 0. The summed E-state index contributed by atoms with van der Waals surface area (Å²) in [5.41, 5.74) is 0. The summed E-state index contributed by atoms with van der Waals surface area (Å²) in [6.07, 6.45) is 5.12. The zero-order valence-corrected chi connectivity index (χ0v) is 5.22. The van der Waals surface area contributed by atoms with Crippen LogP contribution in [0.1, 0.15) is 6.42 Å². The molecule has 0 saturated carbocycles. The number of aliphatic carboxylic acids is 1. The van der Waals surface area contributed by atoms with E-state index in [1.165, 1.54) is 0 Å². The molecule has 0 aliphatic carbocycles. The van der Waals surface area contributed by atoms with Crippen molar-refractivity contribution < 1.29 is 9.90 Å². The Morgan fingerprint density at radius 2 is 2.56 bits per heavy atom. The maximum Gasteiger partial charge on any atom is 0.321 e. The maximum atomic E-state index is 10.2. The van der Waals surface area contributed by atoms with Crippen molar-refractivity contribution in [1.82, 2.24) is 5.32 Å². The van der Waals surface area contributed by atoms with Gasteiger partial charge in [0.25, 0.3) is 0 Å². The lowest BCUT2D eigenvalue weighted by molar-refractivity contribution is -0.139. The van der Waals surface area contributed by atoms with Crippen LogP contribution in [0.15, 0.2) is 0 Å². The van der Waals surface area contributed by atoms with E-state index in [2.05, 4.69) is 11.2 Å². The van der Waals surface area contributed by atoms with Gasteiger partial charge in [-0.15, -0.1) is 12.3 Å². The Labute approximate surface area is 54.1 Å². The Morgan fingerprint density at radius 1 is 2.00 bits per heavy atom. The molecule has 9 heavy (non-hydrogen) atoms. The van der Waals surface area contributed by atoms with Crippen LogP contribution in [0.5, 0.6) is 0 Å². The van der Waals surface area contributed by atoms with Crippen LogP contribution in [0, 0.1) is 12.3 Å². The van der Waals surface area contributed by atoms with Gasteiger partial charge >= 0.3 is 5.97 Å². The fourth-order valence-corrected chi connectivity index (χ4v) is 0.431. The van der Waals surface area contributed by atoms with Gasteiger partial charge in [-0.2, -0.15) is 0 Å². The summed E-state index contributed by atoms with van der Waals surface area (Å²) >= 11 is 0. The fourth-order valence-electron chi connectivity index (χ4n) is 0.431. The molecule has 0 amide bonds. The first-order valence-corrected chi connectivity index (χ1v) is 2.56. The van der Waals surface area contributed by atoms with Gasteiger partial charge in [-0.3, -0.25) is 4.79 Å². The second-order valence-corrected chi connectivity index (χ2v) is 1.59. The lowest BCUT2D eigenvalue weighted by atomic mass is 10.2. The molecule has 0 saturated heterocycles. The van der Waals surface area contributed by atoms with Crippen LogP contribution < -0.4 is 5.32 Å². The summed E-state index contributed by atoms with van der Waals surface area (Å²) in [4.78, 5) is 10.2. The molecule has 0 aliphatic heterocycles. The average molecular weight is 127 g/mol. The lowest BCUT2D eigenvalue weighted by Crippen LogP contribution is -2.33. The first-order valence-electron chi connectivity index (χ1n) is 2.56. The molecule has 0 fully saturated rings. The highest BCUT2D eigenvalue weighted by molar-refractivity contribution is 5.73. The van der Waals surface area contributed by atoms with E-state index in [4.69, 9.17) is 11.5 Å². The molecule has 0 radical (unpaired) electrons. The van der Waals surface area contributed by atoms with Crippen molar-refractivity contribution in [2.24, 2.45) is 0 Å². The number of carboxylic acid groups (broad SMARTS) is 1. The van der Waals surface area contributed by atoms with Gasteiger partial charge < -0.3 is 10.4 Å². The molecule has 0 aromatic carbocycles. The van der Waals surface area contributed by atoms with Gasteiger partial charge in [0.05, 0.1) is 0 Å². The number of nitrogens with one attached hydrogen (secondary N) is 1. The summed E-state index contributed by atoms with van der Waals surface area (Å²) in [5, 5.41) is 10.9. The monoisotopic (exact) mass is 127 g/mol. The van der Waals surface area contributed by atoms with E-state index in [9.17, 15) is 4.79 Å². The number of carboxylic acids is 1. The van der Waals surface area contributed by atoms with Gasteiger partial charge in [0.1, 0.15) is 6.04 Å². The first-order chi connectivity index (χ1) is 4.22. The van der Waals surface area contributed by atoms with Gasteiger partial charge in [-0.05, 0) is 7.05 Å². The van der Waals surface area contributed by atoms with Crippen LogP contribution in [0.3, 0.4) is 0 Å². The van der Waals surface area contributed by atoms with Gasteiger partial charge in [0.15, 0.2) is 0 Å². The highest BCUT2D eigenvalue weighted by Gasteiger charge is 2.11. The SMILES string of the molecule is C#CC[C@H](NC)C(=O)O. The Hall–Kier alpha value is -1.01. The molecule has 0 bridgehead atoms. The topological polar surface area (TPSA) is 49.3 Å². The number of hydrogen-bond donors (Lipinski definition) is 2. The van der Waals surface area contributed by atoms with Crippen LogP contribution in [0.2, 0.25) is 0 Å². The standard InChI is InChI=1S/C6H9NO2/c1-3-4-5(7-2)6(8)9/h1,5,7H,4H2,2H3,(H,8,9)/t5-/m0/s1. The molecule has 0 aliphatic rings. The Balaban J connectivity index is 3.71. The molecular formula is C6H9NO2. The number of carbonyl (C=O) groups is 1. The van der Waals surface area contributed by atoms with Crippen LogP contribution in [-0.4, -0.2) is 24.2 Å². The number of likely N-dealkylation sites (N-methyl/N-ethyl adjacent to an activating group) is 1. The maximum absolute atomic E-state index is 10.2. The fraction of sp³-hybridized carbons (Fsp3) is 0.500. The minimum atomic E-state index is -0.907. The lowest BCUT2D eigenvalue weighted by Gasteiger charge is -2.04. The minimum absolute atomic E-state index is 0.228. The van der Waals surface area contributed by atoms with Gasteiger partial charge in [0.2, 0.25) is 0 Å². The summed E-state index contributed by atoms with van der Waals surface area (Å²) in [7, 11) is 1.57. The summed E-state index contributed by atoms with van der Waals surface area (Å²) in [5.74, 6) is 1.35. The number of hydrogen-bond acceptors (Lipinski definition) is 2. The second kappa shape index (κ2) is 3.93. The van der Waals surface area contributed by atoms with E-state index in [1.807, 2.05) is 0 Å². The Morgan fingerprint density at radius 3 is 2.67 bits per heavy atom. The third-order valence-corrected chi connectivity index (χ3v) is 0.969. The molecule has 0 rings (SSSR count). The number of terminal acetylenes is 1. The van der Waals surface area contributed by atoms with E-state index in [0.717, 1.165) is 0 Å². The normalized spacial score (nSPS) is 12.0. The summed E-state index contributed by atoms with van der Waals surface area (Å²) in [6.45, 7) is 0. The molecule has 0 unspecified atom stereocenters. The smallest absolute Gasteiger partial charge is 0.321 e. The highest BCUT2D eigenvalue weighted by Crippen LogP contribution is 1.87. The minimum Gasteiger partial charge on any atom is -0.480 e. The van der Waals surface area contributed by atoms with Crippen molar-refractivity contribution in [2.45, 2.75) is 12.5 Å². The molecule has 0 aromatic heterocycles. The van der Waals surface area contributed by atoms with Crippen molar-refractivity contribution >= 4 is 5.97 Å². The third kappa shape index (κ3) is 2.73. The van der Waals surface area contributed by atoms with E-state index in [0.29, 0.717) is 0 Å². The summed E-state index contributed by atoms with van der Waals surface area (Å²) in [6, 6.07) is -0.602. The van der Waals surface area contributed by atoms with Crippen molar-refractivity contribution in [3.05, 3.63) is 0 Å². The Kier molecular flexibility index (Phi) is 3.49. The largest absolute Gasteiger partial charge is 0.480 e. The van der Waals surface area contributed by atoms with Gasteiger partial charge in [-0.1, -0.05) is 0 Å². The van der Waals surface area contributed by atoms with Crippen molar-refractivity contribution in [3.63, 3.8) is 0 Å². The predicted octanol–water partition coefficient (Wildman–Crippen LogP) is -0.318. The molecule has 0 spiro atoms. The third-order valence-electron chi connectivity index (χ3n) is 0.969. The quantitative estimate of drug-likeness (QED) is 0.511. The van der Waals surface area contributed by atoms with E-state index in [1.54, 1.807) is 7.05 Å². The predicted molar refractivity (Wildman–Crippen MR) is 33.9 cm³/mol. The van der Waals surface area contributed by atoms with Crippen LogP contribution >= 0.6 is 0 Å². The molecule has 50 valence electrons. The van der Waals surface area contributed by atoms with Crippen LogP contribution in [-0.2, 0) is 4.79 Å². The molecule has 1 atom stereocenters. The van der Waals surface area contributed by atoms with Crippen LogP contribution in [0.25, 0.3) is 0 Å². The van der Waals surface area contributed by atoms with Gasteiger partial charge in [-0.25, -0.2) is 0 Å². The molecule has 0 heterocycles. The van der Waals surface area contributed by atoms with E-state index >= 15 is 0 Å². The number of rotatable bonds is 3. The molecule has 3 heteroatoms. The Bertz CT molecular complexity index is 136. The zero-order chi connectivity index (χ0) is 7.28. The second-order valence-electron chi connectivity index (χ2n) is 1.59. The van der Waals surface area contributed by atoms with Crippen molar-refractivity contribution in [3.8, 4) is 12.3 Å². The first kappa shape index (κ1) is 7.99. The zero-order valence-electron chi connectivity index (χ0n) is 5.22. The van der Waals surface area contributed by atoms with Gasteiger partial charge in [0, 0.05) is 6.42 Å². The van der Waals surface area contributed by atoms with E-state index < -0.39 is 12.0 Å². The molecule has 0 aromatic rings. The molecule has 2 N–H and O–H groups in total. The van der Waals surface area contributed by atoms with Crippen molar-refractivity contribution in [2.75, 3.05) is 7.05 Å². The molecular weight excluding hydrogens is 118 g/mol. The van der Waals surface area contributed by atoms with E-state index in [-0.39, 0.29) is 6.42 Å². The average Bonchev–Trinajstić information content (AvgIpc) is 1.82. The molecule has 3 nitrogen and oxygen atoms in total. The highest BCUT2D eigenvalue weighted by atomic mass is 16.4. The van der Waals surface area contributed by atoms with Crippen molar-refractivity contribution in [1.29, 1.82) is 0 Å².